The van der Waals surface area contributed by atoms with Gasteiger partial charge in [-0.3, -0.25) is 0 Å². The Morgan fingerprint density at radius 3 is 3.17 bits per heavy atom. The molecule has 1 aromatic rings. The smallest absolute Gasteiger partial charge is 0.404 e. The number of nitrogens with one attached hydrogen (secondary N) is 1. The molecule has 1 amide bonds. The molecule has 0 saturated carbocycles. The summed E-state index contributed by atoms with van der Waals surface area (Å²) in [6.45, 7) is 1.82. The van der Waals surface area contributed by atoms with Gasteiger partial charge >= 0.3 is 6.09 Å². The van der Waals surface area contributed by atoms with Crippen molar-refractivity contribution in [2.24, 2.45) is 0 Å². The number of rotatable bonds is 3. The van der Waals surface area contributed by atoms with Gasteiger partial charge in [-0.05, 0) is 6.92 Å². The summed E-state index contributed by atoms with van der Waals surface area (Å²) < 4.78 is 0. The maximum absolute atomic E-state index is 10.2. The second-order valence-electron chi connectivity index (χ2n) is 2.48. The first kappa shape index (κ1) is 8.99. The van der Waals surface area contributed by atoms with E-state index in [1.165, 1.54) is 11.3 Å². The van der Waals surface area contributed by atoms with Crippen molar-refractivity contribution in [1.82, 2.24) is 10.3 Å². The summed E-state index contributed by atoms with van der Waals surface area (Å²) in [5.74, 6) is 0. The van der Waals surface area contributed by atoms with E-state index in [9.17, 15) is 4.79 Å². The Balaban J connectivity index is 2.36. The van der Waals surface area contributed by atoms with Crippen LogP contribution in [0, 0.1) is 0 Å². The number of carboxylic acid groups (broad SMARTS) is 1. The van der Waals surface area contributed by atoms with Crippen LogP contribution in [0.3, 0.4) is 0 Å². The van der Waals surface area contributed by atoms with Gasteiger partial charge in [0.05, 0.1) is 5.01 Å². The zero-order valence-electron chi connectivity index (χ0n) is 6.65. The van der Waals surface area contributed by atoms with Crippen LogP contribution >= 0.6 is 11.3 Å². The molecule has 1 unspecified atom stereocenters. The van der Waals surface area contributed by atoms with Crippen LogP contribution in [0.4, 0.5) is 4.79 Å². The van der Waals surface area contributed by atoms with Crippen LogP contribution in [0.15, 0.2) is 11.6 Å². The van der Waals surface area contributed by atoms with Crippen molar-refractivity contribution in [3.05, 3.63) is 16.6 Å². The van der Waals surface area contributed by atoms with Crippen molar-refractivity contribution in [2.75, 3.05) is 0 Å². The third-order valence-corrected chi connectivity index (χ3v) is 2.14. The molecule has 1 aromatic heterocycles. The van der Waals surface area contributed by atoms with Crippen LogP contribution in [0.2, 0.25) is 0 Å². The second kappa shape index (κ2) is 4.06. The van der Waals surface area contributed by atoms with Gasteiger partial charge < -0.3 is 10.4 Å². The van der Waals surface area contributed by atoms with E-state index < -0.39 is 6.09 Å². The van der Waals surface area contributed by atoms with Crippen LogP contribution in [0.1, 0.15) is 11.9 Å². The van der Waals surface area contributed by atoms with Crippen LogP contribution in [-0.2, 0) is 6.42 Å². The fourth-order valence-electron chi connectivity index (χ4n) is 0.878. The highest BCUT2D eigenvalue weighted by Gasteiger charge is 2.06. The average molecular weight is 186 g/mol. The molecule has 0 spiro atoms. The zero-order chi connectivity index (χ0) is 8.97. The van der Waals surface area contributed by atoms with Crippen molar-refractivity contribution in [3.8, 4) is 0 Å². The summed E-state index contributed by atoms with van der Waals surface area (Å²) in [5, 5.41) is 13.6. The molecule has 2 N–H and O–H groups in total. The van der Waals surface area contributed by atoms with E-state index in [1.807, 2.05) is 12.3 Å². The lowest BCUT2D eigenvalue weighted by atomic mass is 10.2. The van der Waals surface area contributed by atoms with Crippen molar-refractivity contribution in [1.29, 1.82) is 0 Å². The van der Waals surface area contributed by atoms with Gasteiger partial charge in [0.15, 0.2) is 0 Å². The maximum atomic E-state index is 10.2. The molecular weight excluding hydrogens is 176 g/mol. The fourth-order valence-corrected chi connectivity index (χ4v) is 1.62. The van der Waals surface area contributed by atoms with Gasteiger partial charge in [-0.1, -0.05) is 0 Å². The van der Waals surface area contributed by atoms with E-state index in [0.29, 0.717) is 6.42 Å². The Morgan fingerprint density at radius 2 is 2.67 bits per heavy atom. The quantitative estimate of drug-likeness (QED) is 0.748. The highest BCUT2D eigenvalue weighted by molar-refractivity contribution is 7.09. The Morgan fingerprint density at radius 1 is 1.92 bits per heavy atom. The van der Waals surface area contributed by atoms with Crippen LogP contribution in [0.5, 0.6) is 0 Å². The molecule has 1 heterocycles. The molecule has 0 bridgehead atoms. The monoisotopic (exact) mass is 186 g/mol. The lowest BCUT2D eigenvalue weighted by Gasteiger charge is -2.07. The molecule has 0 saturated heterocycles. The fraction of sp³-hybridized carbons (Fsp3) is 0.429. The highest BCUT2D eigenvalue weighted by Crippen LogP contribution is 2.06. The molecule has 0 aromatic carbocycles. The first-order chi connectivity index (χ1) is 5.68. The summed E-state index contributed by atoms with van der Waals surface area (Å²) in [7, 11) is 0. The molecule has 0 fully saturated rings. The van der Waals surface area contributed by atoms with Crippen LogP contribution in [0.25, 0.3) is 0 Å². The minimum atomic E-state index is -0.987. The molecule has 66 valence electrons. The van der Waals surface area contributed by atoms with Crippen molar-refractivity contribution < 1.29 is 9.90 Å². The number of nitrogens with zero attached hydrogens (tertiary/aromatic N) is 1. The SMILES string of the molecule is CC(Cc1nccs1)NC(=O)O. The Hall–Kier alpha value is -1.10. The van der Waals surface area contributed by atoms with Crippen molar-refractivity contribution in [2.45, 2.75) is 19.4 Å². The largest absolute Gasteiger partial charge is 0.465 e. The number of aromatic nitrogens is 1. The number of carbonyl (C=O) groups is 1. The molecule has 0 aliphatic carbocycles. The van der Waals surface area contributed by atoms with Gasteiger partial charge in [-0.25, -0.2) is 9.78 Å². The van der Waals surface area contributed by atoms with Crippen molar-refractivity contribution >= 4 is 17.4 Å². The first-order valence-corrected chi connectivity index (χ1v) is 4.44. The maximum Gasteiger partial charge on any atom is 0.404 e. The van der Waals surface area contributed by atoms with E-state index in [0.717, 1.165) is 5.01 Å². The minimum absolute atomic E-state index is 0.0753. The zero-order valence-corrected chi connectivity index (χ0v) is 7.47. The van der Waals surface area contributed by atoms with Gasteiger partial charge in [0.1, 0.15) is 0 Å². The molecule has 0 aliphatic rings. The predicted molar refractivity (Wildman–Crippen MR) is 46.4 cm³/mol. The molecule has 1 rings (SSSR count). The summed E-state index contributed by atoms with van der Waals surface area (Å²) in [5.41, 5.74) is 0. The van der Waals surface area contributed by atoms with Gasteiger partial charge in [-0.2, -0.15) is 0 Å². The number of thiazole rings is 1. The van der Waals surface area contributed by atoms with Crippen LogP contribution < -0.4 is 5.32 Å². The van der Waals surface area contributed by atoms with Gasteiger partial charge in [0, 0.05) is 24.0 Å². The molecule has 12 heavy (non-hydrogen) atoms. The summed E-state index contributed by atoms with van der Waals surface area (Å²) >= 11 is 1.53. The molecule has 4 nitrogen and oxygen atoms in total. The number of hydrogen-bond acceptors (Lipinski definition) is 3. The Bertz CT molecular complexity index is 248. The van der Waals surface area contributed by atoms with E-state index >= 15 is 0 Å². The number of amides is 1. The molecular formula is C7H10N2O2S. The Kier molecular flexibility index (Phi) is 3.04. The predicted octanol–water partition coefficient (Wildman–Crippen LogP) is 1.34. The number of hydrogen-bond donors (Lipinski definition) is 2. The van der Waals surface area contributed by atoms with Gasteiger partial charge in [-0.15, -0.1) is 11.3 Å². The summed E-state index contributed by atoms with van der Waals surface area (Å²) in [6, 6.07) is -0.0753. The Labute approximate surface area is 74.3 Å². The van der Waals surface area contributed by atoms with Crippen molar-refractivity contribution in [3.63, 3.8) is 0 Å². The lowest BCUT2D eigenvalue weighted by Crippen LogP contribution is -2.32. The lowest BCUT2D eigenvalue weighted by molar-refractivity contribution is 0.190. The standard InChI is InChI=1S/C7H10N2O2S/c1-5(9-7(10)11)4-6-8-2-3-12-6/h2-3,5,9H,4H2,1H3,(H,10,11). The summed E-state index contributed by atoms with van der Waals surface area (Å²) in [4.78, 5) is 14.3. The van der Waals surface area contributed by atoms with E-state index in [-0.39, 0.29) is 6.04 Å². The highest BCUT2D eigenvalue weighted by atomic mass is 32.1. The van der Waals surface area contributed by atoms with E-state index in [1.54, 1.807) is 6.20 Å². The van der Waals surface area contributed by atoms with Gasteiger partial charge in [0.2, 0.25) is 0 Å². The van der Waals surface area contributed by atoms with Crippen LogP contribution in [-0.4, -0.2) is 22.2 Å². The van der Waals surface area contributed by atoms with E-state index in [2.05, 4.69) is 10.3 Å². The molecule has 0 aliphatic heterocycles. The third-order valence-electron chi connectivity index (χ3n) is 1.33. The first-order valence-electron chi connectivity index (χ1n) is 3.56. The third kappa shape index (κ3) is 2.87. The normalized spacial score (nSPS) is 12.4. The summed E-state index contributed by atoms with van der Waals surface area (Å²) in [6.07, 6.45) is 1.39. The average Bonchev–Trinajstić information content (AvgIpc) is 2.37. The van der Waals surface area contributed by atoms with E-state index in [4.69, 9.17) is 5.11 Å². The topological polar surface area (TPSA) is 62.2 Å². The molecule has 0 radical (unpaired) electrons. The molecule has 1 atom stereocenters. The minimum Gasteiger partial charge on any atom is -0.465 e. The second-order valence-corrected chi connectivity index (χ2v) is 3.46. The molecule has 5 heteroatoms. The van der Waals surface area contributed by atoms with Gasteiger partial charge in [0.25, 0.3) is 0 Å².